The van der Waals surface area contributed by atoms with Crippen LogP contribution in [0.25, 0.3) is 0 Å². The fraction of sp³-hybridized carbons (Fsp3) is 0.923. The molecule has 1 aliphatic carbocycles. The lowest BCUT2D eigenvalue weighted by molar-refractivity contribution is 0.0263. The van der Waals surface area contributed by atoms with E-state index in [0.29, 0.717) is 6.04 Å². The van der Waals surface area contributed by atoms with Gasteiger partial charge in [-0.05, 0) is 45.6 Å². The maximum atomic E-state index is 12.0. The maximum Gasteiger partial charge on any atom is 0.410 e. The molecular weight excluding hydrogens is 216 g/mol. The van der Waals surface area contributed by atoms with Crippen LogP contribution in [0, 0.1) is 0 Å². The molecule has 0 radical (unpaired) electrons. The number of rotatable bonds is 2. The molecule has 1 saturated carbocycles. The summed E-state index contributed by atoms with van der Waals surface area (Å²) < 4.78 is 5.66. The van der Waals surface area contributed by atoms with Gasteiger partial charge < -0.3 is 15.0 Å². The molecular formula is C13H24N2O2. The summed E-state index contributed by atoms with van der Waals surface area (Å²) >= 11 is 0. The minimum absolute atomic E-state index is 0.0724. The van der Waals surface area contributed by atoms with Crippen molar-refractivity contribution in [2.75, 3.05) is 20.1 Å². The van der Waals surface area contributed by atoms with Crippen molar-refractivity contribution >= 4 is 6.09 Å². The van der Waals surface area contributed by atoms with Gasteiger partial charge in [0.15, 0.2) is 0 Å². The third-order valence-corrected chi connectivity index (χ3v) is 3.94. The SMILES string of the molecule is CNC1CCCCC1OC(=O)N1CCCCC1. The number of hydrogen-bond donors (Lipinski definition) is 1. The van der Waals surface area contributed by atoms with E-state index in [-0.39, 0.29) is 12.2 Å². The molecule has 2 rings (SSSR count). The molecule has 17 heavy (non-hydrogen) atoms. The molecule has 0 aromatic rings. The Bertz CT molecular complexity index is 252. The molecule has 1 aliphatic heterocycles. The molecule has 0 aromatic carbocycles. The van der Waals surface area contributed by atoms with Crippen molar-refractivity contribution in [3.63, 3.8) is 0 Å². The molecule has 1 saturated heterocycles. The first kappa shape index (κ1) is 12.7. The molecule has 2 unspecified atom stereocenters. The molecule has 1 amide bonds. The first-order valence-corrected chi connectivity index (χ1v) is 6.94. The van der Waals surface area contributed by atoms with Gasteiger partial charge in [-0.15, -0.1) is 0 Å². The number of likely N-dealkylation sites (tertiary alicyclic amines) is 1. The number of hydrogen-bond acceptors (Lipinski definition) is 3. The van der Waals surface area contributed by atoms with Crippen LogP contribution in [0.5, 0.6) is 0 Å². The van der Waals surface area contributed by atoms with Crippen molar-refractivity contribution in [2.45, 2.75) is 57.1 Å². The first-order chi connectivity index (χ1) is 8.31. The average Bonchev–Trinajstić information content (AvgIpc) is 2.40. The van der Waals surface area contributed by atoms with Crippen LogP contribution in [-0.2, 0) is 4.74 Å². The monoisotopic (exact) mass is 240 g/mol. The highest BCUT2D eigenvalue weighted by molar-refractivity contribution is 5.68. The van der Waals surface area contributed by atoms with Crippen molar-refractivity contribution in [3.8, 4) is 0 Å². The Kier molecular flexibility index (Phi) is 4.66. The number of nitrogens with zero attached hydrogens (tertiary/aromatic N) is 1. The summed E-state index contributed by atoms with van der Waals surface area (Å²) in [6.45, 7) is 1.74. The van der Waals surface area contributed by atoms with Gasteiger partial charge in [-0.2, -0.15) is 0 Å². The van der Waals surface area contributed by atoms with Crippen molar-refractivity contribution in [1.82, 2.24) is 10.2 Å². The molecule has 0 spiro atoms. The van der Waals surface area contributed by atoms with Gasteiger partial charge in [0, 0.05) is 19.1 Å². The molecule has 4 nitrogen and oxygen atoms in total. The highest BCUT2D eigenvalue weighted by Gasteiger charge is 2.29. The Morgan fingerprint density at radius 3 is 2.53 bits per heavy atom. The lowest BCUT2D eigenvalue weighted by Crippen LogP contribution is -2.46. The second-order valence-electron chi connectivity index (χ2n) is 5.15. The highest BCUT2D eigenvalue weighted by atomic mass is 16.6. The summed E-state index contributed by atoms with van der Waals surface area (Å²) in [5.74, 6) is 0. The van der Waals surface area contributed by atoms with E-state index < -0.39 is 0 Å². The van der Waals surface area contributed by atoms with Crippen molar-refractivity contribution in [2.24, 2.45) is 0 Å². The minimum Gasteiger partial charge on any atom is -0.444 e. The number of piperidine rings is 1. The standard InChI is InChI=1S/C13H24N2O2/c1-14-11-7-3-4-8-12(11)17-13(16)15-9-5-2-6-10-15/h11-12,14H,2-10H2,1H3. The van der Waals surface area contributed by atoms with E-state index in [2.05, 4.69) is 5.32 Å². The van der Waals surface area contributed by atoms with Crippen LogP contribution in [0.1, 0.15) is 44.9 Å². The lowest BCUT2D eigenvalue weighted by Gasteiger charge is -2.33. The predicted molar refractivity (Wildman–Crippen MR) is 67.0 cm³/mol. The van der Waals surface area contributed by atoms with Gasteiger partial charge in [0.05, 0.1) is 0 Å². The molecule has 0 bridgehead atoms. The summed E-state index contributed by atoms with van der Waals surface area (Å²) in [7, 11) is 1.96. The number of amides is 1. The van der Waals surface area contributed by atoms with Crippen molar-refractivity contribution < 1.29 is 9.53 Å². The number of likely N-dealkylation sites (N-methyl/N-ethyl adjacent to an activating group) is 1. The third kappa shape index (κ3) is 3.35. The van der Waals surface area contributed by atoms with Crippen molar-refractivity contribution in [1.29, 1.82) is 0 Å². The number of nitrogens with one attached hydrogen (secondary N) is 1. The van der Waals surface area contributed by atoms with Crippen LogP contribution < -0.4 is 5.32 Å². The van der Waals surface area contributed by atoms with Crippen LogP contribution in [0.15, 0.2) is 0 Å². The van der Waals surface area contributed by atoms with Crippen LogP contribution >= 0.6 is 0 Å². The van der Waals surface area contributed by atoms with E-state index in [1.165, 1.54) is 19.3 Å². The Morgan fingerprint density at radius 2 is 1.82 bits per heavy atom. The largest absolute Gasteiger partial charge is 0.444 e. The van der Waals surface area contributed by atoms with Crippen LogP contribution in [0.3, 0.4) is 0 Å². The second-order valence-corrected chi connectivity index (χ2v) is 5.15. The molecule has 98 valence electrons. The van der Waals surface area contributed by atoms with Gasteiger partial charge in [0.25, 0.3) is 0 Å². The Morgan fingerprint density at radius 1 is 1.12 bits per heavy atom. The van der Waals surface area contributed by atoms with E-state index in [0.717, 1.165) is 38.8 Å². The molecule has 2 aliphatic rings. The van der Waals surface area contributed by atoms with E-state index >= 15 is 0 Å². The summed E-state index contributed by atoms with van der Waals surface area (Å²) in [6.07, 6.45) is 8.00. The fourth-order valence-electron chi connectivity index (χ4n) is 2.85. The zero-order valence-corrected chi connectivity index (χ0v) is 10.8. The number of carbonyl (C=O) groups is 1. The smallest absolute Gasteiger partial charge is 0.410 e. The Balaban J connectivity index is 1.83. The predicted octanol–water partition coefficient (Wildman–Crippen LogP) is 2.14. The summed E-state index contributed by atoms with van der Waals surface area (Å²) in [4.78, 5) is 13.9. The molecule has 0 aromatic heterocycles. The van der Waals surface area contributed by atoms with E-state index in [1.54, 1.807) is 0 Å². The van der Waals surface area contributed by atoms with E-state index in [9.17, 15) is 4.79 Å². The molecule has 1 heterocycles. The first-order valence-electron chi connectivity index (χ1n) is 6.94. The Hall–Kier alpha value is -0.770. The number of carbonyl (C=O) groups excluding carboxylic acids is 1. The summed E-state index contributed by atoms with van der Waals surface area (Å²) in [5.41, 5.74) is 0. The minimum atomic E-state index is -0.100. The topological polar surface area (TPSA) is 41.6 Å². The molecule has 4 heteroatoms. The molecule has 2 atom stereocenters. The average molecular weight is 240 g/mol. The molecule has 1 N–H and O–H groups in total. The van der Waals surface area contributed by atoms with Gasteiger partial charge in [0.2, 0.25) is 0 Å². The van der Waals surface area contributed by atoms with Crippen LogP contribution in [0.4, 0.5) is 4.79 Å². The van der Waals surface area contributed by atoms with Gasteiger partial charge in [0.1, 0.15) is 6.10 Å². The van der Waals surface area contributed by atoms with Gasteiger partial charge in [-0.1, -0.05) is 6.42 Å². The van der Waals surface area contributed by atoms with Crippen molar-refractivity contribution in [3.05, 3.63) is 0 Å². The molecule has 2 fully saturated rings. The zero-order valence-electron chi connectivity index (χ0n) is 10.8. The van der Waals surface area contributed by atoms with E-state index in [1.807, 2.05) is 11.9 Å². The summed E-state index contributed by atoms with van der Waals surface area (Å²) in [6, 6.07) is 0.345. The van der Waals surface area contributed by atoms with Crippen LogP contribution in [-0.4, -0.2) is 43.3 Å². The van der Waals surface area contributed by atoms with E-state index in [4.69, 9.17) is 4.74 Å². The quantitative estimate of drug-likeness (QED) is 0.804. The zero-order chi connectivity index (χ0) is 12.1. The van der Waals surface area contributed by atoms with Gasteiger partial charge in [-0.25, -0.2) is 4.79 Å². The lowest BCUT2D eigenvalue weighted by atomic mass is 9.92. The second kappa shape index (κ2) is 6.24. The maximum absolute atomic E-state index is 12.0. The third-order valence-electron chi connectivity index (χ3n) is 3.94. The van der Waals surface area contributed by atoms with Crippen LogP contribution in [0.2, 0.25) is 0 Å². The van der Waals surface area contributed by atoms with Gasteiger partial charge in [-0.3, -0.25) is 0 Å². The fourth-order valence-corrected chi connectivity index (χ4v) is 2.85. The number of ether oxygens (including phenoxy) is 1. The normalized spacial score (nSPS) is 30.1. The van der Waals surface area contributed by atoms with Gasteiger partial charge >= 0.3 is 6.09 Å². The summed E-state index contributed by atoms with van der Waals surface area (Å²) in [5, 5.41) is 3.27. The Labute approximate surface area is 104 Å². The highest BCUT2D eigenvalue weighted by Crippen LogP contribution is 2.22.